The first-order valence-electron chi connectivity index (χ1n) is 8.51. The van der Waals surface area contributed by atoms with Crippen LogP contribution in [0.25, 0.3) is 20.8 Å². The lowest BCUT2D eigenvalue weighted by atomic mass is 10.2. The predicted molar refractivity (Wildman–Crippen MR) is 103 cm³/mol. The van der Waals surface area contributed by atoms with E-state index in [0.29, 0.717) is 24.8 Å². The Morgan fingerprint density at radius 3 is 2.81 bits per heavy atom. The maximum absolute atomic E-state index is 13.3. The number of oxazole rings is 1. The molecule has 0 saturated carbocycles. The zero-order valence-electron chi connectivity index (χ0n) is 14.3. The molecular weight excluding hydrogens is 365 g/mol. The maximum Gasteiger partial charge on any atom is 0.224 e. The molecule has 0 atom stereocenters. The summed E-state index contributed by atoms with van der Waals surface area (Å²) in [5.41, 5.74) is 2.31. The molecule has 4 aromatic rings. The number of benzene rings is 2. The van der Waals surface area contributed by atoms with Crippen LogP contribution in [0.4, 0.5) is 10.1 Å². The Morgan fingerprint density at radius 2 is 2.04 bits per heavy atom. The Bertz CT molecular complexity index is 1060. The van der Waals surface area contributed by atoms with Gasteiger partial charge in [0.25, 0.3) is 0 Å². The summed E-state index contributed by atoms with van der Waals surface area (Å²) < 4.78 is 19.4. The highest BCUT2D eigenvalue weighted by Gasteiger charge is 2.08. The van der Waals surface area contributed by atoms with Crippen molar-refractivity contribution in [1.82, 2.24) is 9.97 Å². The molecule has 0 unspecified atom stereocenters. The van der Waals surface area contributed by atoms with Crippen molar-refractivity contribution < 1.29 is 13.6 Å². The van der Waals surface area contributed by atoms with Crippen LogP contribution in [0.15, 0.2) is 59.5 Å². The number of aromatic nitrogens is 2. The number of anilines is 1. The largest absolute Gasteiger partial charge is 0.449 e. The van der Waals surface area contributed by atoms with Crippen LogP contribution in [0.3, 0.4) is 0 Å². The van der Waals surface area contributed by atoms with Crippen molar-refractivity contribution >= 4 is 33.1 Å². The van der Waals surface area contributed by atoms with E-state index < -0.39 is 0 Å². The third-order valence-corrected chi connectivity index (χ3v) is 5.16. The lowest BCUT2D eigenvalue weighted by Gasteiger charge is -2.05. The third-order valence-electron chi connectivity index (χ3n) is 4.08. The number of nitrogens with zero attached hydrogens (tertiary/aromatic N) is 2. The number of aryl methyl sites for hydroxylation is 1. The third kappa shape index (κ3) is 4.20. The van der Waals surface area contributed by atoms with Gasteiger partial charge in [0.05, 0.1) is 16.4 Å². The van der Waals surface area contributed by atoms with Crippen molar-refractivity contribution in [2.24, 2.45) is 0 Å². The van der Waals surface area contributed by atoms with E-state index in [1.165, 1.54) is 29.9 Å². The number of hydrogen-bond acceptors (Lipinski definition) is 5. The predicted octanol–water partition coefficient (Wildman–Crippen LogP) is 5.05. The van der Waals surface area contributed by atoms with Gasteiger partial charge in [-0.3, -0.25) is 4.79 Å². The quantitative estimate of drug-likeness (QED) is 0.507. The van der Waals surface area contributed by atoms with Gasteiger partial charge in [0, 0.05) is 30.2 Å². The van der Waals surface area contributed by atoms with Crippen LogP contribution in [-0.2, 0) is 11.2 Å². The van der Waals surface area contributed by atoms with Gasteiger partial charge in [0.2, 0.25) is 5.91 Å². The number of carbonyl (C=O) groups is 1. The van der Waals surface area contributed by atoms with E-state index in [-0.39, 0.29) is 11.7 Å². The molecule has 2 aromatic heterocycles. The molecule has 7 heteroatoms. The van der Waals surface area contributed by atoms with E-state index >= 15 is 0 Å². The summed E-state index contributed by atoms with van der Waals surface area (Å²) in [5, 5.41) is 3.70. The van der Waals surface area contributed by atoms with E-state index in [4.69, 9.17) is 4.42 Å². The topological polar surface area (TPSA) is 68.0 Å². The van der Waals surface area contributed by atoms with Crippen LogP contribution < -0.4 is 5.32 Å². The Hall–Kier alpha value is -3.06. The van der Waals surface area contributed by atoms with Gasteiger partial charge in [-0.1, -0.05) is 0 Å². The monoisotopic (exact) mass is 381 g/mol. The maximum atomic E-state index is 13.3. The average molecular weight is 381 g/mol. The number of carbonyl (C=O) groups excluding carboxylic acids is 1. The first-order valence-corrected chi connectivity index (χ1v) is 9.33. The van der Waals surface area contributed by atoms with E-state index in [1.807, 2.05) is 24.3 Å². The second-order valence-corrected chi connectivity index (χ2v) is 7.11. The number of hydrogen-bond donors (Lipinski definition) is 1. The van der Waals surface area contributed by atoms with Crippen molar-refractivity contribution in [2.45, 2.75) is 19.3 Å². The van der Waals surface area contributed by atoms with Crippen molar-refractivity contribution in [3.05, 3.63) is 66.6 Å². The highest BCUT2D eigenvalue weighted by atomic mass is 32.1. The van der Waals surface area contributed by atoms with Crippen LogP contribution in [0.2, 0.25) is 0 Å². The molecule has 2 heterocycles. The van der Waals surface area contributed by atoms with Gasteiger partial charge in [-0.25, -0.2) is 14.4 Å². The standard InChI is InChI=1S/C20H16FN3O2S/c21-14-6-9-18-17(10-14)24-20(27-18)13-4-7-15(8-5-13)23-19(25)3-1-2-16-11-22-12-26-16/h4-12H,1-3H2,(H,23,25). The first-order chi connectivity index (χ1) is 13.2. The molecule has 0 aliphatic rings. The van der Waals surface area contributed by atoms with Crippen LogP contribution in [0.1, 0.15) is 18.6 Å². The van der Waals surface area contributed by atoms with Crippen LogP contribution in [0.5, 0.6) is 0 Å². The minimum atomic E-state index is -0.291. The second-order valence-electron chi connectivity index (χ2n) is 6.08. The zero-order chi connectivity index (χ0) is 18.6. The molecule has 1 N–H and O–H groups in total. The smallest absolute Gasteiger partial charge is 0.224 e. The molecule has 0 radical (unpaired) electrons. The summed E-state index contributed by atoms with van der Waals surface area (Å²) in [6.45, 7) is 0. The molecule has 0 aliphatic heterocycles. The van der Waals surface area contributed by atoms with Crippen molar-refractivity contribution in [2.75, 3.05) is 5.32 Å². The molecule has 5 nitrogen and oxygen atoms in total. The first kappa shape index (κ1) is 17.4. The normalized spacial score (nSPS) is 11.0. The van der Waals surface area contributed by atoms with Crippen molar-refractivity contribution in [3.63, 3.8) is 0 Å². The van der Waals surface area contributed by atoms with E-state index in [9.17, 15) is 9.18 Å². The zero-order valence-corrected chi connectivity index (χ0v) is 15.1. The fourth-order valence-corrected chi connectivity index (χ4v) is 3.68. The van der Waals surface area contributed by atoms with E-state index in [0.717, 1.165) is 26.7 Å². The van der Waals surface area contributed by atoms with Crippen LogP contribution >= 0.6 is 11.3 Å². The van der Waals surface area contributed by atoms with Crippen LogP contribution in [0, 0.1) is 5.82 Å². The fourth-order valence-electron chi connectivity index (χ4n) is 2.73. The molecule has 0 bridgehead atoms. The van der Waals surface area contributed by atoms with Gasteiger partial charge >= 0.3 is 0 Å². The Kier molecular flexibility index (Phi) is 4.93. The summed E-state index contributed by atoms with van der Waals surface area (Å²) in [7, 11) is 0. The van der Waals surface area contributed by atoms with E-state index in [2.05, 4.69) is 15.3 Å². The molecule has 0 saturated heterocycles. The lowest BCUT2D eigenvalue weighted by Crippen LogP contribution is -2.11. The van der Waals surface area contributed by atoms with Crippen LogP contribution in [-0.4, -0.2) is 15.9 Å². The molecular formula is C20H16FN3O2S. The lowest BCUT2D eigenvalue weighted by molar-refractivity contribution is -0.116. The van der Waals surface area contributed by atoms with Gasteiger partial charge < -0.3 is 9.73 Å². The number of amides is 1. The number of thiazole rings is 1. The fraction of sp³-hybridized carbons (Fsp3) is 0.150. The molecule has 2 aromatic carbocycles. The number of halogens is 1. The van der Waals surface area contributed by atoms with Crippen molar-refractivity contribution in [3.8, 4) is 10.6 Å². The van der Waals surface area contributed by atoms with E-state index in [1.54, 1.807) is 12.3 Å². The summed E-state index contributed by atoms with van der Waals surface area (Å²) >= 11 is 1.51. The number of nitrogens with one attached hydrogen (secondary N) is 1. The van der Waals surface area contributed by atoms with Gasteiger partial charge in [0.15, 0.2) is 6.39 Å². The summed E-state index contributed by atoms with van der Waals surface area (Å²) in [6, 6.07) is 12.1. The SMILES string of the molecule is O=C(CCCc1cnco1)Nc1ccc(-c2nc3cc(F)ccc3s2)cc1. The molecule has 27 heavy (non-hydrogen) atoms. The average Bonchev–Trinajstić information content (AvgIpc) is 3.31. The highest BCUT2D eigenvalue weighted by molar-refractivity contribution is 7.21. The van der Waals surface area contributed by atoms with Gasteiger partial charge in [0.1, 0.15) is 16.6 Å². The Morgan fingerprint density at radius 1 is 1.19 bits per heavy atom. The molecule has 0 aliphatic carbocycles. The molecule has 0 fully saturated rings. The molecule has 4 rings (SSSR count). The minimum absolute atomic E-state index is 0.0438. The molecule has 0 spiro atoms. The van der Waals surface area contributed by atoms with Gasteiger partial charge in [-0.2, -0.15) is 0 Å². The summed E-state index contributed by atoms with van der Waals surface area (Å²) in [4.78, 5) is 20.4. The number of fused-ring (bicyclic) bond motifs is 1. The summed E-state index contributed by atoms with van der Waals surface area (Å²) in [5.74, 6) is 0.446. The summed E-state index contributed by atoms with van der Waals surface area (Å²) in [6.07, 6.45) is 4.84. The molecule has 1 amide bonds. The number of rotatable bonds is 6. The Labute approximate surface area is 158 Å². The highest BCUT2D eigenvalue weighted by Crippen LogP contribution is 2.31. The Balaban J connectivity index is 1.37. The van der Waals surface area contributed by atoms with Gasteiger partial charge in [-0.15, -0.1) is 11.3 Å². The van der Waals surface area contributed by atoms with Gasteiger partial charge in [-0.05, 0) is 42.8 Å². The van der Waals surface area contributed by atoms with Crippen molar-refractivity contribution in [1.29, 1.82) is 0 Å². The second kappa shape index (κ2) is 7.67. The molecule has 136 valence electrons. The minimum Gasteiger partial charge on any atom is -0.449 e.